The van der Waals surface area contributed by atoms with Gasteiger partial charge < -0.3 is 10.4 Å². The van der Waals surface area contributed by atoms with E-state index in [-0.39, 0.29) is 5.91 Å². The van der Waals surface area contributed by atoms with Crippen LogP contribution in [0.1, 0.15) is 31.7 Å². The van der Waals surface area contributed by atoms with E-state index < -0.39 is 5.60 Å². The summed E-state index contributed by atoms with van der Waals surface area (Å²) in [6.45, 7) is 5.90. The third-order valence-corrected chi connectivity index (χ3v) is 3.94. The molecule has 1 aromatic carbocycles. The monoisotopic (exact) mass is 276 g/mol. The normalized spacial score (nSPS) is 24.1. The standard InChI is InChI=1S/C16H24N2O2/c1-13-6-3-4-7-14(13)17-15(19)12-18-10-5-8-16(2,20)9-11-18/h3-4,6-7,20H,5,8-12H2,1-2H3,(H,17,19). The van der Waals surface area contributed by atoms with Gasteiger partial charge >= 0.3 is 0 Å². The van der Waals surface area contributed by atoms with Gasteiger partial charge in [0, 0.05) is 12.2 Å². The number of aliphatic hydroxyl groups is 1. The molecule has 1 fully saturated rings. The SMILES string of the molecule is Cc1ccccc1NC(=O)CN1CCCC(C)(O)CC1. The number of benzene rings is 1. The first-order chi connectivity index (χ1) is 9.46. The number of aryl methyl sites for hydroxylation is 1. The van der Waals surface area contributed by atoms with E-state index >= 15 is 0 Å². The van der Waals surface area contributed by atoms with Crippen LogP contribution in [-0.2, 0) is 4.79 Å². The molecule has 2 rings (SSSR count). The van der Waals surface area contributed by atoms with Crippen LogP contribution >= 0.6 is 0 Å². The zero-order valence-electron chi connectivity index (χ0n) is 12.4. The number of rotatable bonds is 3. The number of carbonyl (C=O) groups excluding carboxylic acids is 1. The molecule has 0 saturated carbocycles. The summed E-state index contributed by atoms with van der Waals surface area (Å²) in [7, 11) is 0. The van der Waals surface area contributed by atoms with Crippen LogP contribution < -0.4 is 5.32 Å². The van der Waals surface area contributed by atoms with Crippen LogP contribution in [0.15, 0.2) is 24.3 Å². The summed E-state index contributed by atoms with van der Waals surface area (Å²) in [4.78, 5) is 14.2. The highest BCUT2D eigenvalue weighted by Gasteiger charge is 2.25. The maximum absolute atomic E-state index is 12.1. The summed E-state index contributed by atoms with van der Waals surface area (Å²) in [6.07, 6.45) is 2.47. The van der Waals surface area contributed by atoms with Crippen molar-refractivity contribution in [3.05, 3.63) is 29.8 Å². The molecule has 0 spiro atoms. The molecule has 1 saturated heterocycles. The van der Waals surface area contributed by atoms with Gasteiger partial charge in [0.25, 0.3) is 0 Å². The number of nitrogens with one attached hydrogen (secondary N) is 1. The molecule has 1 heterocycles. The fraction of sp³-hybridized carbons (Fsp3) is 0.562. The van der Waals surface area contributed by atoms with Crippen molar-refractivity contribution >= 4 is 11.6 Å². The van der Waals surface area contributed by atoms with Crippen molar-refractivity contribution < 1.29 is 9.90 Å². The first-order valence-electron chi connectivity index (χ1n) is 7.26. The Morgan fingerprint density at radius 3 is 2.85 bits per heavy atom. The van der Waals surface area contributed by atoms with Gasteiger partial charge in [-0.2, -0.15) is 0 Å². The van der Waals surface area contributed by atoms with E-state index in [0.717, 1.165) is 43.6 Å². The van der Waals surface area contributed by atoms with Gasteiger partial charge in [-0.3, -0.25) is 9.69 Å². The van der Waals surface area contributed by atoms with Crippen LogP contribution in [0.4, 0.5) is 5.69 Å². The molecule has 0 radical (unpaired) electrons. The molecule has 1 amide bonds. The van der Waals surface area contributed by atoms with Gasteiger partial charge in [-0.15, -0.1) is 0 Å². The number of hydrogen-bond donors (Lipinski definition) is 2. The molecule has 0 aliphatic carbocycles. The largest absolute Gasteiger partial charge is 0.390 e. The number of para-hydroxylation sites is 1. The second-order valence-corrected chi connectivity index (χ2v) is 5.99. The van der Waals surface area contributed by atoms with E-state index in [2.05, 4.69) is 10.2 Å². The Bertz CT molecular complexity index is 471. The molecule has 4 nitrogen and oxygen atoms in total. The summed E-state index contributed by atoms with van der Waals surface area (Å²) < 4.78 is 0. The fourth-order valence-electron chi connectivity index (χ4n) is 2.58. The van der Waals surface area contributed by atoms with E-state index in [1.165, 1.54) is 0 Å². The summed E-state index contributed by atoms with van der Waals surface area (Å²) in [5, 5.41) is 13.0. The molecule has 20 heavy (non-hydrogen) atoms. The van der Waals surface area contributed by atoms with Crippen molar-refractivity contribution in [2.45, 2.75) is 38.7 Å². The zero-order valence-corrected chi connectivity index (χ0v) is 12.4. The van der Waals surface area contributed by atoms with Crippen molar-refractivity contribution in [2.75, 3.05) is 25.0 Å². The molecule has 1 aliphatic heterocycles. The number of anilines is 1. The number of likely N-dealkylation sites (tertiary alicyclic amines) is 1. The van der Waals surface area contributed by atoms with Crippen LogP contribution in [-0.4, -0.2) is 41.1 Å². The van der Waals surface area contributed by atoms with Crippen molar-refractivity contribution in [3.63, 3.8) is 0 Å². The Kier molecular flexibility index (Phi) is 4.78. The van der Waals surface area contributed by atoms with Crippen LogP contribution in [0, 0.1) is 6.92 Å². The Hall–Kier alpha value is -1.39. The van der Waals surface area contributed by atoms with E-state index in [1.807, 2.05) is 38.1 Å². The van der Waals surface area contributed by atoms with Gasteiger partial charge in [-0.1, -0.05) is 18.2 Å². The molecule has 0 bridgehead atoms. The highest BCUT2D eigenvalue weighted by Crippen LogP contribution is 2.21. The Labute approximate surface area is 120 Å². The second-order valence-electron chi connectivity index (χ2n) is 5.99. The van der Waals surface area contributed by atoms with Crippen LogP contribution in [0.2, 0.25) is 0 Å². The van der Waals surface area contributed by atoms with Gasteiger partial charge in [-0.05, 0) is 51.3 Å². The molecule has 1 aromatic rings. The molecule has 1 aliphatic rings. The highest BCUT2D eigenvalue weighted by molar-refractivity contribution is 5.92. The number of nitrogens with zero attached hydrogens (tertiary/aromatic N) is 1. The van der Waals surface area contributed by atoms with Crippen LogP contribution in [0.3, 0.4) is 0 Å². The minimum Gasteiger partial charge on any atom is -0.390 e. The third-order valence-electron chi connectivity index (χ3n) is 3.94. The Morgan fingerprint density at radius 2 is 2.10 bits per heavy atom. The van der Waals surface area contributed by atoms with E-state index in [4.69, 9.17) is 0 Å². The number of hydrogen-bond acceptors (Lipinski definition) is 3. The van der Waals surface area contributed by atoms with Crippen LogP contribution in [0.5, 0.6) is 0 Å². The quantitative estimate of drug-likeness (QED) is 0.889. The number of carbonyl (C=O) groups is 1. The second kappa shape index (κ2) is 6.37. The molecule has 2 N–H and O–H groups in total. The lowest BCUT2D eigenvalue weighted by Gasteiger charge is -2.22. The molecule has 1 unspecified atom stereocenters. The average molecular weight is 276 g/mol. The lowest BCUT2D eigenvalue weighted by Crippen LogP contribution is -2.35. The van der Waals surface area contributed by atoms with E-state index in [1.54, 1.807) is 0 Å². The number of amides is 1. The molecule has 0 aromatic heterocycles. The minimum atomic E-state index is -0.582. The van der Waals surface area contributed by atoms with Crippen molar-refractivity contribution in [1.82, 2.24) is 4.90 Å². The highest BCUT2D eigenvalue weighted by atomic mass is 16.3. The third kappa shape index (κ3) is 4.32. The van der Waals surface area contributed by atoms with Crippen LogP contribution in [0.25, 0.3) is 0 Å². The molecular weight excluding hydrogens is 252 g/mol. The lowest BCUT2D eigenvalue weighted by atomic mass is 9.98. The summed E-state index contributed by atoms with van der Waals surface area (Å²) in [5.41, 5.74) is 1.36. The zero-order chi connectivity index (χ0) is 14.6. The summed E-state index contributed by atoms with van der Waals surface area (Å²) >= 11 is 0. The first-order valence-corrected chi connectivity index (χ1v) is 7.26. The predicted octanol–water partition coefficient (Wildman–Crippen LogP) is 2.17. The molecule has 110 valence electrons. The maximum Gasteiger partial charge on any atom is 0.238 e. The summed E-state index contributed by atoms with van der Waals surface area (Å²) in [5.74, 6) is 0.0147. The van der Waals surface area contributed by atoms with E-state index in [0.29, 0.717) is 6.54 Å². The van der Waals surface area contributed by atoms with Gasteiger partial charge in [0.2, 0.25) is 5.91 Å². The minimum absolute atomic E-state index is 0.0147. The van der Waals surface area contributed by atoms with Gasteiger partial charge in [-0.25, -0.2) is 0 Å². The molecule has 1 atom stereocenters. The van der Waals surface area contributed by atoms with Gasteiger partial charge in [0.1, 0.15) is 0 Å². The van der Waals surface area contributed by atoms with Crippen molar-refractivity contribution in [3.8, 4) is 0 Å². The fourth-order valence-corrected chi connectivity index (χ4v) is 2.58. The first kappa shape index (κ1) is 15.0. The Balaban J connectivity index is 1.87. The Morgan fingerprint density at radius 1 is 1.35 bits per heavy atom. The maximum atomic E-state index is 12.1. The predicted molar refractivity (Wildman–Crippen MR) is 80.7 cm³/mol. The van der Waals surface area contributed by atoms with E-state index in [9.17, 15) is 9.90 Å². The van der Waals surface area contributed by atoms with Crippen molar-refractivity contribution in [1.29, 1.82) is 0 Å². The average Bonchev–Trinajstić information content (AvgIpc) is 2.54. The van der Waals surface area contributed by atoms with Gasteiger partial charge in [0.15, 0.2) is 0 Å². The topological polar surface area (TPSA) is 52.6 Å². The lowest BCUT2D eigenvalue weighted by molar-refractivity contribution is -0.117. The van der Waals surface area contributed by atoms with Crippen molar-refractivity contribution in [2.24, 2.45) is 0 Å². The smallest absolute Gasteiger partial charge is 0.238 e. The summed E-state index contributed by atoms with van der Waals surface area (Å²) in [6, 6.07) is 7.78. The molecular formula is C16H24N2O2. The molecule has 4 heteroatoms. The van der Waals surface area contributed by atoms with Gasteiger partial charge in [0.05, 0.1) is 12.1 Å².